The van der Waals surface area contributed by atoms with Gasteiger partial charge in [0.2, 0.25) is 10.0 Å². The number of sulfonamides is 1. The number of benzene rings is 1. The minimum atomic E-state index is -3.31. The molecule has 0 aliphatic heterocycles. The largest absolute Gasteiger partial charge is 0.387 e. The molecule has 2 atom stereocenters. The molecule has 0 aliphatic rings. The number of hydrogen-bond donors (Lipinski definition) is 2. The third-order valence-electron chi connectivity index (χ3n) is 2.88. The molecule has 0 heterocycles. The summed E-state index contributed by atoms with van der Waals surface area (Å²) in [5, 5.41) is 9.85. The molecule has 0 bridgehead atoms. The van der Waals surface area contributed by atoms with Gasteiger partial charge in [-0.05, 0) is 11.5 Å². The van der Waals surface area contributed by atoms with Gasteiger partial charge in [0, 0.05) is 6.54 Å². The van der Waals surface area contributed by atoms with Crippen LogP contribution in [0.4, 0.5) is 0 Å². The number of aliphatic hydroxyl groups excluding tert-OH is 1. The van der Waals surface area contributed by atoms with Crippen molar-refractivity contribution >= 4 is 10.0 Å². The van der Waals surface area contributed by atoms with E-state index in [1.54, 1.807) is 12.1 Å². The van der Waals surface area contributed by atoms with Crippen LogP contribution in [0.5, 0.6) is 0 Å². The molecule has 102 valence electrons. The average molecular weight is 271 g/mol. The molecule has 0 aliphatic carbocycles. The predicted molar refractivity (Wildman–Crippen MR) is 72.6 cm³/mol. The van der Waals surface area contributed by atoms with E-state index in [4.69, 9.17) is 0 Å². The Balaban J connectivity index is 2.50. The van der Waals surface area contributed by atoms with E-state index in [9.17, 15) is 13.5 Å². The fraction of sp³-hybridized carbons (Fsp3) is 0.538. The van der Waals surface area contributed by atoms with Crippen molar-refractivity contribution in [2.24, 2.45) is 5.92 Å². The summed E-state index contributed by atoms with van der Waals surface area (Å²) in [6.45, 7) is 3.87. The van der Waals surface area contributed by atoms with Gasteiger partial charge in [0.05, 0.1) is 11.9 Å². The van der Waals surface area contributed by atoms with Crippen molar-refractivity contribution in [1.29, 1.82) is 0 Å². The van der Waals surface area contributed by atoms with Crippen molar-refractivity contribution in [3.63, 3.8) is 0 Å². The van der Waals surface area contributed by atoms with Crippen molar-refractivity contribution in [3.05, 3.63) is 35.9 Å². The zero-order chi connectivity index (χ0) is 13.6. The number of rotatable bonds is 7. The molecule has 1 aromatic carbocycles. The van der Waals surface area contributed by atoms with Crippen LogP contribution < -0.4 is 4.72 Å². The molecule has 0 saturated heterocycles. The molecule has 1 rings (SSSR count). The SMILES string of the molecule is CCC(C)CS(=O)(=O)NCC(O)c1ccccc1. The van der Waals surface area contributed by atoms with Gasteiger partial charge in [0.15, 0.2) is 0 Å². The van der Waals surface area contributed by atoms with E-state index >= 15 is 0 Å². The van der Waals surface area contributed by atoms with Crippen LogP contribution in [0.2, 0.25) is 0 Å². The Kier molecular flexibility index (Phi) is 5.78. The van der Waals surface area contributed by atoms with Crippen LogP contribution in [0.15, 0.2) is 30.3 Å². The predicted octanol–water partition coefficient (Wildman–Crippen LogP) is 1.69. The van der Waals surface area contributed by atoms with E-state index in [0.717, 1.165) is 6.42 Å². The Bertz CT molecular complexity index is 445. The summed E-state index contributed by atoms with van der Waals surface area (Å²) in [4.78, 5) is 0. The molecule has 0 spiro atoms. The number of aliphatic hydroxyl groups is 1. The minimum absolute atomic E-state index is 0.0166. The van der Waals surface area contributed by atoms with E-state index in [-0.39, 0.29) is 18.2 Å². The lowest BCUT2D eigenvalue weighted by Crippen LogP contribution is -2.32. The molecule has 4 nitrogen and oxygen atoms in total. The Morgan fingerprint density at radius 2 is 1.89 bits per heavy atom. The fourth-order valence-electron chi connectivity index (χ4n) is 1.55. The first kappa shape index (κ1) is 15.1. The first-order chi connectivity index (χ1) is 8.44. The monoisotopic (exact) mass is 271 g/mol. The van der Waals surface area contributed by atoms with E-state index in [1.165, 1.54) is 0 Å². The Morgan fingerprint density at radius 1 is 1.28 bits per heavy atom. The van der Waals surface area contributed by atoms with Gasteiger partial charge >= 0.3 is 0 Å². The molecule has 1 aromatic rings. The van der Waals surface area contributed by atoms with Crippen LogP contribution in [-0.2, 0) is 10.0 Å². The number of nitrogens with one attached hydrogen (secondary N) is 1. The first-order valence-corrected chi connectivity index (χ1v) is 7.80. The Morgan fingerprint density at radius 3 is 2.44 bits per heavy atom. The van der Waals surface area contributed by atoms with Crippen molar-refractivity contribution in [2.75, 3.05) is 12.3 Å². The van der Waals surface area contributed by atoms with Crippen LogP contribution >= 0.6 is 0 Å². The normalized spacial score (nSPS) is 15.3. The lowest BCUT2D eigenvalue weighted by atomic mass is 10.1. The summed E-state index contributed by atoms with van der Waals surface area (Å²) in [5.74, 6) is 0.224. The number of hydrogen-bond acceptors (Lipinski definition) is 3. The van der Waals surface area contributed by atoms with Gasteiger partial charge in [-0.2, -0.15) is 0 Å². The highest BCUT2D eigenvalue weighted by Crippen LogP contribution is 2.11. The molecule has 2 N–H and O–H groups in total. The second kappa shape index (κ2) is 6.87. The maximum absolute atomic E-state index is 11.7. The smallest absolute Gasteiger partial charge is 0.211 e. The second-order valence-electron chi connectivity index (χ2n) is 4.57. The molecule has 18 heavy (non-hydrogen) atoms. The van der Waals surface area contributed by atoms with Gasteiger partial charge in [-0.1, -0.05) is 50.6 Å². The van der Waals surface area contributed by atoms with Crippen LogP contribution in [0, 0.1) is 5.92 Å². The van der Waals surface area contributed by atoms with Gasteiger partial charge < -0.3 is 5.11 Å². The topological polar surface area (TPSA) is 66.4 Å². The van der Waals surface area contributed by atoms with E-state index in [2.05, 4.69) is 4.72 Å². The minimum Gasteiger partial charge on any atom is -0.387 e. The summed E-state index contributed by atoms with van der Waals surface area (Å²) in [6.07, 6.45) is 0.0141. The molecule has 0 radical (unpaired) electrons. The highest BCUT2D eigenvalue weighted by Gasteiger charge is 2.16. The lowest BCUT2D eigenvalue weighted by molar-refractivity contribution is 0.182. The van der Waals surface area contributed by atoms with Crippen LogP contribution in [0.3, 0.4) is 0 Å². The molecule has 0 aromatic heterocycles. The van der Waals surface area contributed by atoms with Gasteiger partial charge in [0.1, 0.15) is 0 Å². The van der Waals surface area contributed by atoms with E-state index in [1.807, 2.05) is 32.0 Å². The molecule has 5 heteroatoms. The highest BCUT2D eigenvalue weighted by atomic mass is 32.2. The standard InChI is InChI=1S/C13H21NO3S/c1-3-11(2)10-18(16,17)14-9-13(15)12-7-5-4-6-8-12/h4-8,11,13-15H,3,9-10H2,1-2H3. The zero-order valence-electron chi connectivity index (χ0n) is 10.8. The summed E-state index contributed by atoms with van der Waals surface area (Å²) < 4.78 is 25.9. The Labute approximate surface area is 109 Å². The molecular weight excluding hydrogens is 250 g/mol. The summed E-state index contributed by atoms with van der Waals surface area (Å²) in [6, 6.07) is 9.02. The molecule has 0 amide bonds. The zero-order valence-corrected chi connectivity index (χ0v) is 11.7. The third-order valence-corrected chi connectivity index (χ3v) is 4.50. The van der Waals surface area contributed by atoms with Gasteiger partial charge in [-0.15, -0.1) is 0 Å². The summed E-state index contributed by atoms with van der Waals surface area (Å²) in [5.41, 5.74) is 0.712. The maximum Gasteiger partial charge on any atom is 0.211 e. The summed E-state index contributed by atoms with van der Waals surface area (Å²) >= 11 is 0. The summed E-state index contributed by atoms with van der Waals surface area (Å²) in [7, 11) is -3.31. The second-order valence-corrected chi connectivity index (χ2v) is 6.42. The van der Waals surface area contributed by atoms with Crippen molar-refractivity contribution < 1.29 is 13.5 Å². The van der Waals surface area contributed by atoms with Crippen molar-refractivity contribution in [3.8, 4) is 0 Å². The van der Waals surface area contributed by atoms with Crippen molar-refractivity contribution in [2.45, 2.75) is 26.4 Å². The van der Waals surface area contributed by atoms with Crippen LogP contribution in [-0.4, -0.2) is 25.8 Å². The van der Waals surface area contributed by atoms with Gasteiger partial charge in [-0.25, -0.2) is 13.1 Å². The lowest BCUT2D eigenvalue weighted by Gasteiger charge is -2.14. The van der Waals surface area contributed by atoms with Gasteiger partial charge in [-0.3, -0.25) is 0 Å². The third kappa shape index (κ3) is 5.16. The molecule has 0 fully saturated rings. The first-order valence-electron chi connectivity index (χ1n) is 6.15. The Hall–Kier alpha value is -0.910. The maximum atomic E-state index is 11.7. The molecule has 0 saturated carbocycles. The highest BCUT2D eigenvalue weighted by molar-refractivity contribution is 7.89. The molecule has 2 unspecified atom stereocenters. The fourth-order valence-corrected chi connectivity index (χ4v) is 3.06. The van der Waals surface area contributed by atoms with E-state index in [0.29, 0.717) is 5.56 Å². The van der Waals surface area contributed by atoms with Crippen molar-refractivity contribution in [1.82, 2.24) is 4.72 Å². The van der Waals surface area contributed by atoms with Gasteiger partial charge in [0.25, 0.3) is 0 Å². The van der Waals surface area contributed by atoms with Crippen LogP contribution in [0.1, 0.15) is 31.9 Å². The van der Waals surface area contributed by atoms with Crippen LogP contribution in [0.25, 0.3) is 0 Å². The quantitative estimate of drug-likeness (QED) is 0.793. The average Bonchev–Trinajstić information content (AvgIpc) is 2.36. The van der Waals surface area contributed by atoms with E-state index < -0.39 is 16.1 Å². The molecular formula is C13H21NO3S.